The Bertz CT molecular complexity index is 264. The molecule has 1 fully saturated rings. The van der Waals surface area contributed by atoms with E-state index in [1.165, 1.54) is 5.01 Å². The quantitative estimate of drug-likeness (QED) is 0.771. The SMILES string of the molecule is CCOC(=O)NN(C(=O)OCC)C1CCCC1. The fourth-order valence-corrected chi connectivity index (χ4v) is 1.90. The summed E-state index contributed by atoms with van der Waals surface area (Å²) < 4.78 is 9.67. The van der Waals surface area contributed by atoms with Crippen molar-refractivity contribution in [3.63, 3.8) is 0 Å². The molecule has 1 N–H and O–H groups in total. The van der Waals surface area contributed by atoms with Gasteiger partial charge in [-0.2, -0.15) is 0 Å². The zero-order chi connectivity index (χ0) is 12.7. The Balaban J connectivity index is 2.57. The van der Waals surface area contributed by atoms with Crippen molar-refractivity contribution in [2.45, 2.75) is 45.6 Å². The second kappa shape index (κ2) is 6.98. The van der Waals surface area contributed by atoms with E-state index < -0.39 is 12.2 Å². The first kappa shape index (κ1) is 13.6. The minimum absolute atomic E-state index is 0.0125. The molecule has 0 saturated heterocycles. The highest BCUT2D eigenvalue weighted by Crippen LogP contribution is 2.22. The van der Waals surface area contributed by atoms with Crippen molar-refractivity contribution in [2.24, 2.45) is 0 Å². The number of nitrogens with one attached hydrogen (secondary N) is 1. The van der Waals surface area contributed by atoms with Crippen molar-refractivity contribution in [2.75, 3.05) is 13.2 Å². The van der Waals surface area contributed by atoms with Crippen molar-refractivity contribution < 1.29 is 19.1 Å². The third kappa shape index (κ3) is 4.13. The van der Waals surface area contributed by atoms with Gasteiger partial charge in [0.1, 0.15) is 0 Å². The van der Waals surface area contributed by atoms with E-state index >= 15 is 0 Å². The van der Waals surface area contributed by atoms with Crippen molar-refractivity contribution in [3.8, 4) is 0 Å². The number of carbonyl (C=O) groups is 2. The Morgan fingerprint density at radius 1 is 1.18 bits per heavy atom. The van der Waals surface area contributed by atoms with Crippen LogP contribution in [0.1, 0.15) is 39.5 Å². The summed E-state index contributed by atoms with van der Waals surface area (Å²) in [5, 5.41) is 1.26. The van der Waals surface area contributed by atoms with Crippen molar-refractivity contribution in [1.82, 2.24) is 10.4 Å². The largest absolute Gasteiger partial charge is 0.449 e. The lowest BCUT2D eigenvalue weighted by atomic mass is 10.2. The van der Waals surface area contributed by atoms with E-state index in [-0.39, 0.29) is 19.3 Å². The number of hydrogen-bond donors (Lipinski definition) is 1. The molecule has 0 heterocycles. The molecule has 0 spiro atoms. The van der Waals surface area contributed by atoms with Gasteiger partial charge in [0.25, 0.3) is 0 Å². The van der Waals surface area contributed by atoms with Crippen molar-refractivity contribution >= 4 is 12.2 Å². The molecule has 2 amide bonds. The maximum Gasteiger partial charge on any atom is 0.429 e. The first-order valence-corrected chi connectivity index (χ1v) is 6.08. The molecule has 0 aliphatic heterocycles. The molecule has 6 nitrogen and oxygen atoms in total. The van der Waals surface area contributed by atoms with Gasteiger partial charge in [-0.05, 0) is 26.7 Å². The van der Waals surface area contributed by atoms with Crippen LogP contribution in [0.5, 0.6) is 0 Å². The van der Waals surface area contributed by atoms with Crippen LogP contribution < -0.4 is 5.43 Å². The fraction of sp³-hybridized carbons (Fsp3) is 0.818. The van der Waals surface area contributed by atoms with Crippen LogP contribution in [0.4, 0.5) is 9.59 Å². The summed E-state index contributed by atoms with van der Waals surface area (Å²) in [4.78, 5) is 23.0. The van der Waals surface area contributed by atoms with Gasteiger partial charge in [0.2, 0.25) is 0 Å². The average molecular weight is 244 g/mol. The highest BCUT2D eigenvalue weighted by atomic mass is 16.6. The lowest BCUT2D eigenvalue weighted by molar-refractivity contribution is 0.0562. The predicted molar refractivity (Wildman–Crippen MR) is 61.3 cm³/mol. The highest BCUT2D eigenvalue weighted by molar-refractivity contribution is 5.74. The summed E-state index contributed by atoms with van der Waals surface area (Å²) in [5.74, 6) is 0. The predicted octanol–water partition coefficient (Wildman–Crippen LogP) is 2.05. The maximum absolute atomic E-state index is 11.7. The minimum atomic E-state index is -0.618. The monoisotopic (exact) mass is 244 g/mol. The van der Waals surface area contributed by atoms with Crippen LogP contribution >= 0.6 is 0 Å². The molecule has 0 unspecified atom stereocenters. The summed E-state index contributed by atoms with van der Waals surface area (Å²) in [6.45, 7) is 4.00. The van der Waals surface area contributed by atoms with Crippen LogP contribution in [-0.4, -0.2) is 36.5 Å². The summed E-state index contributed by atoms with van der Waals surface area (Å²) in [5.41, 5.74) is 2.44. The highest BCUT2D eigenvalue weighted by Gasteiger charge is 2.29. The molecule has 0 radical (unpaired) electrons. The minimum Gasteiger partial charge on any atom is -0.449 e. The van der Waals surface area contributed by atoms with E-state index in [0.29, 0.717) is 0 Å². The Labute approximate surface area is 101 Å². The molecule has 0 aromatic carbocycles. The van der Waals surface area contributed by atoms with E-state index in [4.69, 9.17) is 9.47 Å². The standard InChI is InChI=1S/C11H20N2O4/c1-3-16-10(14)12-13(11(15)17-4-2)9-7-5-6-8-9/h9H,3-8H2,1-2H3,(H,12,14). The lowest BCUT2D eigenvalue weighted by Crippen LogP contribution is -2.51. The van der Waals surface area contributed by atoms with Gasteiger partial charge in [0, 0.05) is 0 Å². The lowest BCUT2D eigenvalue weighted by Gasteiger charge is -2.27. The summed E-state index contributed by atoms with van der Waals surface area (Å²) in [6, 6.07) is 0.0125. The molecule has 1 saturated carbocycles. The maximum atomic E-state index is 11.7. The molecule has 1 rings (SSSR count). The zero-order valence-corrected chi connectivity index (χ0v) is 10.4. The van der Waals surface area contributed by atoms with Crippen molar-refractivity contribution in [1.29, 1.82) is 0 Å². The van der Waals surface area contributed by atoms with Gasteiger partial charge >= 0.3 is 12.2 Å². The van der Waals surface area contributed by atoms with E-state index in [9.17, 15) is 9.59 Å². The molecule has 17 heavy (non-hydrogen) atoms. The number of amides is 2. The van der Waals surface area contributed by atoms with Gasteiger partial charge in [0.15, 0.2) is 0 Å². The summed E-state index contributed by atoms with van der Waals surface area (Å²) >= 11 is 0. The van der Waals surface area contributed by atoms with Crippen LogP contribution in [0.15, 0.2) is 0 Å². The fourth-order valence-electron chi connectivity index (χ4n) is 1.90. The molecule has 1 aliphatic rings. The Morgan fingerprint density at radius 3 is 2.29 bits per heavy atom. The van der Waals surface area contributed by atoms with Crippen LogP contribution in [0.2, 0.25) is 0 Å². The zero-order valence-electron chi connectivity index (χ0n) is 10.4. The summed E-state index contributed by atoms with van der Waals surface area (Å²) in [6.07, 6.45) is 2.74. The molecule has 98 valence electrons. The second-order valence-corrected chi connectivity index (χ2v) is 3.84. The third-order valence-corrected chi connectivity index (χ3v) is 2.64. The Hall–Kier alpha value is -1.46. The number of ether oxygens (including phenoxy) is 2. The van der Waals surface area contributed by atoms with Gasteiger partial charge in [-0.1, -0.05) is 12.8 Å². The van der Waals surface area contributed by atoms with Crippen LogP contribution in [-0.2, 0) is 9.47 Å². The molecule has 0 aromatic rings. The van der Waals surface area contributed by atoms with E-state index in [0.717, 1.165) is 25.7 Å². The van der Waals surface area contributed by atoms with Crippen molar-refractivity contribution in [3.05, 3.63) is 0 Å². The second-order valence-electron chi connectivity index (χ2n) is 3.84. The summed E-state index contributed by atoms with van der Waals surface area (Å²) in [7, 11) is 0. The van der Waals surface area contributed by atoms with Gasteiger partial charge in [-0.15, -0.1) is 0 Å². The number of hydrogen-bond acceptors (Lipinski definition) is 4. The van der Waals surface area contributed by atoms with Crippen LogP contribution in [0.25, 0.3) is 0 Å². The van der Waals surface area contributed by atoms with E-state index in [1.807, 2.05) is 0 Å². The first-order valence-electron chi connectivity index (χ1n) is 6.08. The smallest absolute Gasteiger partial charge is 0.429 e. The van der Waals surface area contributed by atoms with E-state index in [1.54, 1.807) is 13.8 Å². The average Bonchev–Trinajstić information content (AvgIpc) is 2.79. The molecule has 1 aliphatic carbocycles. The normalized spacial score (nSPS) is 15.4. The number of rotatable bonds is 3. The van der Waals surface area contributed by atoms with E-state index in [2.05, 4.69) is 5.43 Å². The first-order chi connectivity index (χ1) is 8.19. The molecule has 0 atom stereocenters. The molecular weight excluding hydrogens is 224 g/mol. The van der Waals surface area contributed by atoms with Gasteiger partial charge < -0.3 is 9.47 Å². The van der Waals surface area contributed by atoms with Gasteiger partial charge in [0.05, 0.1) is 19.3 Å². The number of nitrogens with zero attached hydrogens (tertiary/aromatic N) is 1. The number of hydrazine groups is 1. The van der Waals surface area contributed by atoms with Crippen LogP contribution in [0, 0.1) is 0 Å². The molecule has 0 aromatic heterocycles. The molecule has 0 bridgehead atoms. The number of carbonyl (C=O) groups excluding carboxylic acids is 2. The Kier molecular flexibility index (Phi) is 5.59. The van der Waals surface area contributed by atoms with Gasteiger partial charge in [-0.3, -0.25) is 0 Å². The third-order valence-electron chi connectivity index (χ3n) is 2.64. The Morgan fingerprint density at radius 2 is 1.76 bits per heavy atom. The molecular formula is C11H20N2O4. The van der Waals surface area contributed by atoms with Gasteiger partial charge in [-0.25, -0.2) is 20.0 Å². The molecule has 6 heteroatoms. The van der Waals surface area contributed by atoms with Crippen LogP contribution in [0.3, 0.4) is 0 Å². The topological polar surface area (TPSA) is 67.9 Å².